The van der Waals surface area contributed by atoms with Gasteiger partial charge in [0.05, 0.1) is 11.4 Å². The fourth-order valence-electron chi connectivity index (χ4n) is 6.48. The molecule has 1 heterocycles. The highest BCUT2D eigenvalue weighted by Gasteiger charge is 2.62. The molecule has 4 rings (SSSR count). The van der Waals surface area contributed by atoms with E-state index in [1.54, 1.807) is 0 Å². The quantitative estimate of drug-likeness (QED) is 0.663. The van der Waals surface area contributed by atoms with Crippen molar-refractivity contribution in [3.63, 3.8) is 0 Å². The van der Waals surface area contributed by atoms with E-state index in [0.717, 1.165) is 25.7 Å². The highest BCUT2D eigenvalue weighted by Crippen LogP contribution is 2.64. The first kappa shape index (κ1) is 15.6. The monoisotopic (exact) mass is 370 g/mol. The number of Topliss-reactive ketones (excluding diaryl/α,β-unsaturated/α-hetero) is 1. The average molecular weight is 371 g/mol. The van der Waals surface area contributed by atoms with Gasteiger partial charge in [-0.3, -0.25) is 4.79 Å². The van der Waals surface area contributed by atoms with Gasteiger partial charge in [0.1, 0.15) is 0 Å². The predicted octanol–water partition coefficient (Wildman–Crippen LogP) is 3.53. The summed E-state index contributed by atoms with van der Waals surface area (Å²) in [6, 6.07) is 0. The molecule has 0 aromatic carbocycles. The van der Waals surface area contributed by atoms with E-state index in [0.29, 0.717) is 36.1 Å². The average Bonchev–Trinajstić information content (AvgIpc) is 2.72. The third-order valence-electron chi connectivity index (χ3n) is 7.84. The van der Waals surface area contributed by atoms with Crippen LogP contribution in [0.15, 0.2) is 0 Å². The molecule has 1 N–H and O–H groups in total. The van der Waals surface area contributed by atoms with E-state index in [9.17, 15) is 9.90 Å². The van der Waals surface area contributed by atoms with E-state index in [2.05, 4.69) is 29.8 Å². The second-order valence-electron chi connectivity index (χ2n) is 8.68. The van der Waals surface area contributed by atoms with Gasteiger partial charge in [-0.2, -0.15) is 0 Å². The Hall–Kier alpha value is 0.0700. The van der Waals surface area contributed by atoms with E-state index in [-0.39, 0.29) is 15.7 Å². The second-order valence-corrected chi connectivity index (χ2v) is 9.79. The van der Waals surface area contributed by atoms with Gasteiger partial charge in [-0.1, -0.05) is 29.8 Å². The third-order valence-corrected chi connectivity index (χ3v) is 8.63. The van der Waals surface area contributed by atoms with Gasteiger partial charge in [-0.25, -0.2) is 0 Å². The molecule has 3 saturated carbocycles. The zero-order chi connectivity index (χ0) is 15.7. The lowest BCUT2D eigenvalue weighted by molar-refractivity contribution is -0.225. The summed E-state index contributed by atoms with van der Waals surface area (Å²) in [4.78, 5) is 12.7. The van der Waals surface area contributed by atoms with Crippen molar-refractivity contribution in [3.8, 4) is 0 Å². The van der Waals surface area contributed by atoms with Crippen LogP contribution in [-0.4, -0.2) is 28.6 Å². The number of rotatable bonds is 0. The lowest BCUT2D eigenvalue weighted by Crippen LogP contribution is -2.56. The maximum atomic E-state index is 12.6. The highest BCUT2D eigenvalue weighted by atomic mass is 79.9. The maximum Gasteiger partial charge on any atom is 0.154 e. The van der Waals surface area contributed by atoms with Crippen LogP contribution in [0, 0.1) is 34.5 Å². The SMILES string of the molecule is C[C@]12COC(O)CC1CC[C@@H]1[C@H]2CC[C@]2(C)C(=O)C(Br)C[C@@H]12. The van der Waals surface area contributed by atoms with Gasteiger partial charge in [0.2, 0.25) is 0 Å². The molecular formula is C18H27BrO3. The summed E-state index contributed by atoms with van der Waals surface area (Å²) in [5, 5.41) is 9.85. The molecule has 4 heteroatoms. The van der Waals surface area contributed by atoms with Gasteiger partial charge in [-0.15, -0.1) is 0 Å². The van der Waals surface area contributed by atoms with Gasteiger partial charge in [0.15, 0.2) is 12.1 Å². The Kier molecular flexibility index (Phi) is 3.57. The highest BCUT2D eigenvalue weighted by molar-refractivity contribution is 9.10. The summed E-state index contributed by atoms with van der Waals surface area (Å²) in [5.74, 6) is 2.87. The molecule has 0 spiro atoms. The van der Waals surface area contributed by atoms with Gasteiger partial charge < -0.3 is 9.84 Å². The van der Waals surface area contributed by atoms with Gasteiger partial charge in [0, 0.05) is 11.8 Å². The number of ether oxygens (including phenoxy) is 1. The first-order valence-electron chi connectivity index (χ1n) is 8.84. The van der Waals surface area contributed by atoms with Crippen molar-refractivity contribution in [2.24, 2.45) is 34.5 Å². The Morgan fingerprint density at radius 1 is 1.18 bits per heavy atom. The van der Waals surface area contributed by atoms with Crippen molar-refractivity contribution in [3.05, 3.63) is 0 Å². The lowest BCUT2D eigenvalue weighted by Gasteiger charge is -2.59. The molecule has 0 amide bonds. The number of alkyl halides is 1. The fourth-order valence-corrected chi connectivity index (χ4v) is 7.41. The number of hydrogen-bond acceptors (Lipinski definition) is 3. The number of ketones is 1. The molecule has 3 unspecified atom stereocenters. The van der Waals surface area contributed by atoms with Crippen LogP contribution in [0.1, 0.15) is 52.4 Å². The molecule has 0 bridgehead atoms. The Labute approximate surface area is 141 Å². The van der Waals surface area contributed by atoms with Gasteiger partial charge >= 0.3 is 0 Å². The zero-order valence-corrected chi connectivity index (χ0v) is 15.1. The molecule has 1 saturated heterocycles. The van der Waals surface area contributed by atoms with Crippen LogP contribution < -0.4 is 0 Å². The molecule has 4 fully saturated rings. The first-order chi connectivity index (χ1) is 10.4. The Morgan fingerprint density at radius 2 is 1.95 bits per heavy atom. The van der Waals surface area contributed by atoms with Crippen LogP contribution in [0.4, 0.5) is 0 Å². The topological polar surface area (TPSA) is 46.5 Å². The number of aliphatic hydroxyl groups is 1. The minimum atomic E-state index is -0.566. The van der Waals surface area contributed by atoms with E-state index < -0.39 is 6.29 Å². The summed E-state index contributed by atoms with van der Waals surface area (Å²) in [5.41, 5.74) is 0.0878. The number of fused-ring (bicyclic) bond motifs is 5. The Bertz CT molecular complexity index is 495. The minimum Gasteiger partial charge on any atom is -0.368 e. The zero-order valence-electron chi connectivity index (χ0n) is 13.6. The van der Waals surface area contributed by atoms with Gasteiger partial charge in [-0.05, 0) is 61.2 Å². The molecule has 0 aromatic heterocycles. The number of carbonyl (C=O) groups excluding carboxylic acids is 1. The molecule has 3 aliphatic carbocycles. The minimum absolute atomic E-state index is 0.0659. The van der Waals surface area contributed by atoms with E-state index >= 15 is 0 Å². The summed E-state index contributed by atoms with van der Waals surface area (Å²) in [6.07, 6.45) is 5.84. The van der Waals surface area contributed by atoms with Crippen LogP contribution >= 0.6 is 15.9 Å². The van der Waals surface area contributed by atoms with Crippen LogP contribution in [0.3, 0.4) is 0 Å². The molecule has 0 radical (unpaired) electrons. The predicted molar refractivity (Wildman–Crippen MR) is 87.6 cm³/mol. The van der Waals surface area contributed by atoms with Gasteiger partial charge in [0.25, 0.3) is 0 Å². The van der Waals surface area contributed by atoms with Crippen molar-refractivity contribution < 1.29 is 14.6 Å². The summed E-state index contributed by atoms with van der Waals surface area (Å²) >= 11 is 3.63. The number of carbonyl (C=O) groups is 1. The third kappa shape index (κ3) is 1.96. The lowest BCUT2D eigenvalue weighted by atomic mass is 9.47. The van der Waals surface area contributed by atoms with Crippen LogP contribution in [0.2, 0.25) is 0 Å². The van der Waals surface area contributed by atoms with Crippen molar-refractivity contribution >= 4 is 21.7 Å². The standard InChI is InChI=1S/C18H27BrO3/c1-17-6-5-12-11(13(17)8-14(19)16(17)21)4-3-10-7-15(20)22-9-18(10,12)2/h10-15,20H,3-9H2,1-2H3/t10?,11-,12-,13+,14?,15?,17+,18+/m1/s1. The normalized spacial score (nSPS) is 57.9. The number of hydrogen-bond donors (Lipinski definition) is 1. The number of aliphatic hydroxyl groups excluding tert-OH is 1. The van der Waals surface area contributed by atoms with E-state index in [4.69, 9.17) is 4.74 Å². The Balaban J connectivity index is 1.64. The molecule has 1 aliphatic heterocycles. The van der Waals surface area contributed by atoms with Crippen LogP contribution in [0.25, 0.3) is 0 Å². The van der Waals surface area contributed by atoms with Crippen molar-refractivity contribution in [1.82, 2.24) is 0 Å². The summed E-state index contributed by atoms with van der Waals surface area (Å²) < 4.78 is 5.66. The molecule has 0 aromatic rings. The maximum absolute atomic E-state index is 12.6. The van der Waals surface area contributed by atoms with Crippen molar-refractivity contribution in [2.75, 3.05) is 6.61 Å². The number of halogens is 1. The van der Waals surface area contributed by atoms with Crippen LogP contribution in [-0.2, 0) is 9.53 Å². The molecule has 3 nitrogen and oxygen atoms in total. The fraction of sp³-hybridized carbons (Fsp3) is 0.944. The van der Waals surface area contributed by atoms with E-state index in [1.807, 2.05) is 0 Å². The summed E-state index contributed by atoms with van der Waals surface area (Å²) in [6.45, 7) is 5.29. The van der Waals surface area contributed by atoms with Crippen molar-refractivity contribution in [2.45, 2.75) is 63.5 Å². The van der Waals surface area contributed by atoms with Crippen LogP contribution in [0.5, 0.6) is 0 Å². The molecule has 8 atom stereocenters. The second kappa shape index (κ2) is 5.03. The van der Waals surface area contributed by atoms with Crippen molar-refractivity contribution in [1.29, 1.82) is 0 Å². The molecule has 4 aliphatic rings. The molecule has 124 valence electrons. The largest absolute Gasteiger partial charge is 0.368 e. The first-order valence-corrected chi connectivity index (χ1v) is 9.76. The summed E-state index contributed by atoms with van der Waals surface area (Å²) in [7, 11) is 0. The molecular weight excluding hydrogens is 344 g/mol. The van der Waals surface area contributed by atoms with E-state index in [1.165, 1.54) is 12.8 Å². The smallest absolute Gasteiger partial charge is 0.154 e. The molecule has 22 heavy (non-hydrogen) atoms. The Morgan fingerprint density at radius 3 is 2.73 bits per heavy atom.